The molecule has 0 aliphatic carbocycles. The normalized spacial score (nSPS) is 16.4. The summed E-state index contributed by atoms with van der Waals surface area (Å²) in [6, 6.07) is 2.87. The molecule has 6 nitrogen and oxygen atoms in total. The van der Waals surface area contributed by atoms with Gasteiger partial charge in [-0.3, -0.25) is 9.59 Å². The molecule has 17 heavy (non-hydrogen) atoms. The summed E-state index contributed by atoms with van der Waals surface area (Å²) >= 11 is 3.21. The molecule has 1 aromatic carbocycles. The van der Waals surface area contributed by atoms with Crippen molar-refractivity contribution in [3.63, 3.8) is 0 Å². The van der Waals surface area contributed by atoms with Gasteiger partial charge in [-0.1, -0.05) is 0 Å². The molecule has 0 atom stereocenters. The van der Waals surface area contributed by atoms with E-state index >= 15 is 0 Å². The number of benzene rings is 1. The van der Waals surface area contributed by atoms with Gasteiger partial charge in [0.15, 0.2) is 0 Å². The number of amides is 1. The highest BCUT2D eigenvalue weighted by atomic mass is 79.9. The summed E-state index contributed by atoms with van der Waals surface area (Å²) in [5.41, 5.74) is 0.798. The minimum atomic E-state index is -2.59. The first-order valence-electron chi connectivity index (χ1n) is 4.70. The average Bonchev–Trinajstić information content (AvgIpc) is 2.39. The maximum atomic E-state index is 11.6. The summed E-state index contributed by atoms with van der Waals surface area (Å²) in [6.45, 7) is 1.34. The van der Waals surface area contributed by atoms with Crippen LogP contribution in [0.4, 0.5) is 11.4 Å². The van der Waals surface area contributed by atoms with Gasteiger partial charge in [0.2, 0.25) is 11.7 Å². The van der Waals surface area contributed by atoms with Gasteiger partial charge >= 0.3 is 5.91 Å². The minimum Gasteiger partial charge on any atom is -0.343 e. The molecule has 4 N–H and O–H groups in total. The second-order valence-electron chi connectivity index (χ2n) is 3.69. The highest BCUT2D eigenvalue weighted by Gasteiger charge is 2.42. The van der Waals surface area contributed by atoms with Gasteiger partial charge in [0.1, 0.15) is 0 Å². The summed E-state index contributed by atoms with van der Waals surface area (Å²) in [5.74, 6) is -3.73. The number of aliphatic hydroxyl groups is 2. The number of hydrogen-bond donors (Lipinski definition) is 4. The van der Waals surface area contributed by atoms with E-state index in [-0.39, 0.29) is 11.5 Å². The molecular formula is C10H9BrN2O4. The number of carbonyl (C=O) groups excluding carboxylic acids is 2. The number of carbonyl (C=O) groups is 2. The molecule has 0 aromatic heterocycles. The average molecular weight is 301 g/mol. The zero-order valence-corrected chi connectivity index (χ0v) is 10.3. The van der Waals surface area contributed by atoms with E-state index in [0.29, 0.717) is 15.8 Å². The number of Topliss-reactive ketones (excluding diaryl/α,β-unsaturated/α-hetero) is 1. The van der Waals surface area contributed by atoms with Crippen molar-refractivity contribution in [2.45, 2.75) is 12.8 Å². The third-order valence-corrected chi connectivity index (χ3v) is 2.94. The zero-order valence-electron chi connectivity index (χ0n) is 8.74. The van der Waals surface area contributed by atoms with E-state index in [4.69, 9.17) is 0 Å². The number of hydrogen-bond acceptors (Lipinski definition) is 5. The fourth-order valence-corrected chi connectivity index (χ4v) is 2.02. The molecule has 0 radical (unpaired) electrons. The van der Waals surface area contributed by atoms with E-state index in [1.807, 2.05) is 0 Å². The molecule has 7 heteroatoms. The van der Waals surface area contributed by atoms with Crippen molar-refractivity contribution >= 4 is 39.0 Å². The summed E-state index contributed by atoms with van der Waals surface area (Å²) in [5, 5.41) is 23.5. The van der Waals surface area contributed by atoms with Gasteiger partial charge in [-0.05, 0) is 28.1 Å². The van der Waals surface area contributed by atoms with Crippen LogP contribution in [0, 0.1) is 0 Å². The van der Waals surface area contributed by atoms with Crippen LogP contribution < -0.4 is 10.6 Å². The van der Waals surface area contributed by atoms with Gasteiger partial charge in [0.25, 0.3) is 0 Å². The fourth-order valence-electron chi connectivity index (χ4n) is 1.58. The summed E-state index contributed by atoms with van der Waals surface area (Å²) in [6.07, 6.45) is 0. The van der Waals surface area contributed by atoms with Gasteiger partial charge in [-0.2, -0.15) is 0 Å². The Hall–Kier alpha value is -1.44. The van der Waals surface area contributed by atoms with Crippen LogP contribution in [-0.4, -0.2) is 27.8 Å². The number of anilines is 2. The van der Waals surface area contributed by atoms with Crippen molar-refractivity contribution in [2.24, 2.45) is 0 Å². The first-order valence-corrected chi connectivity index (χ1v) is 5.49. The van der Waals surface area contributed by atoms with Crippen LogP contribution >= 0.6 is 15.9 Å². The third kappa shape index (κ3) is 2.04. The Morgan fingerprint density at radius 3 is 2.71 bits per heavy atom. The minimum absolute atomic E-state index is 0.113. The summed E-state index contributed by atoms with van der Waals surface area (Å²) in [4.78, 5) is 22.5. The van der Waals surface area contributed by atoms with E-state index in [1.165, 1.54) is 19.1 Å². The molecule has 0 spiro atoms. The van der Waals surface area contributed by atoms with Gasteiger partial charge in [-0.15, -0.1) is 0 Å². The molecule has 0 saturated heterocycles. The highest BCUT2D eigenvalue weighted by Crippen LogP contribution is 2.36. The Kier molecular flexibility index (Phi) is 2.69. The van der Waals surface area contributed by atoms with Crippen LogP contribution in [-0.2, 0) is 4.79 Å². The second kappa shape index (κ2) is 3.80. The highest BCUT2D eigenvalue weighted by molar-refractivity contribution is 9.10. The van der Waals surface area contributed by atoms with Crippen LogP contribution in [0.15, 0.2) is 16.6 Å². The molecule has 1 aliphatic heterocycles. The topological polar surface area (TPSA) is 98.7 Å². The Bertz CT molecular complexity index is 527. The molecular weight excluding hydrogens is 292 g/mol. The lowest BCUT2D eigenvalue weighted by atomic mass is 10.1. The molecule has 0 saturated carbocycles. The second-order valence-corrected chi connectivity index (χ2v) is 4.54. The molecule has 1 aliphatic rings. The van der Waals surface area contributed by atoms with Gasteiger partial charge in [0.05, 0.1) is 16.9 Å². The van der Waals surface area contributed by atoms with Gasteiger partial charge in [0, 0.05) is 11.4 Å². The molecule has 1 aromatic rings. The predicted octanol–water partition coefficient (Wildman–Crippen LogP) is 0.654. The molecule has 2 rings (SSSR count). The number of fused-ring (bicyclic) bond motifs is 1. The van der Waals surface area contributed by atoms with Crippen molar-refractivity contribution in [3.8, 4) is 0 Å². The number of rotatable bonds is 1. The number of nitrogens with one attached hydrogen (secondary N) is 2. The summed E-state index contributed by atoms with van der Waals surface area (Å²) in [7, 11) is 0. The lowest BCUT2D eigenvalue weighted by Crippen LogP contribution is -2.40. The van der Waals surface area contributed by atoms with Crippen LogP contribution in [0.3, 0.4) is 0 Å². The Morgan fingerprint density at radius 1 is 1.47 bits per heavy atom. The maximum Gasteiger partial charge on any atom is 0.312 e. The summed E-state index contributed by atoms with van der Waals surface area (Å²) < 4.78 is 0.532. The lowest BCUT2D eigenvalue weighted by Gasteiger charge is -2.12. The lowest BCUT2D eigenvalue weighted by molar-refractivity contribution is -0.114. The molecule has 90 valence electrons. The smallest absolute Gasteiger partial charge is 0.312 e. The zero-order chi connectivity index (χ0) is 12.8. The maximum absolute atomic E-state index is 11.6. The molecule has 0 fully saturated rings. The van der Waals surface area contributed by atoms with E-state index < -0.39 is 11.7 Å². The largest absolute Gasteiger partial charge is 0.343 e. The number of ketones is 1. The molecule has 1 heterocycles. The van der Waals surface area contributed by atoms with E-state index in [2.05, 4.69) is 26.6 Å². The van der Waals surface area contributed by atoms with Gasteiger partial charge in [-0.25, -0.2) is 0 Å². The van der Waals surface area contributed by atoms with E-state index in [0.717, 1.165) is 0 Å². The first kappa shape index (κ1) is 12.0. The fraction of sp³-hybridized carbons (Fsp3) is 0.200. The van der Waals surface area contributed by atoms with Crippen LogP contribution in [0.5, 0.6) is 0 Å². The van der Waals surface area contributed by atoms with Crippen LogP contribution in [0.25, 0.3) is 0 Å². The van der Waals surface area contributed by atoms with Crippen molar-refractivity contribution in [1.29, 1.82) is 0 Å². The number of halogens is 1. The predicted molar refractivity (Wildman–Crippen MR) is 63.6 cm³/mol. The van der Waals surface area contributed by atoms with E-state index in [1.54, 1.807) is 0 Å². The third-order valence-electron chi connectivity index (χ3n) is 2.29. The van der Waals surface area contributed by atoms with Crippen LogP contribution in [0.2, 0.25) is 0 Å². The molecule has 1 amide bonds. The molecule has 0 unspecified atom stereocenters. The SMILES string of the molecule is CC(=O)Nc1cc2c(cc1Br)NC(O)(O)C2=O. The van der Waals surface area contributed by atoms with Crippen molar-refractivity contribution in [1.82, 2.24) is 0 Å². The molecule has 0 bridgehead atoms. The van der Waals surface area contributed by atoms with Gasteiger partial charge < -0.3 is 20.8 Å². The van der Waals surface area contributed by atoms with Crippen molar-refractivity contribution < 1.29 is 19.8 Å². The Balaban J connectivity index is 2.49. The van der Waals surface area contributed by atoms with E-state index in [9.17, 15) is 19.8 Å². The quantitative estimate of drug-likeness (QED) is 0.571. The van der Waals surface area contributed by atoms with Crippen molar-refractivity contribution in [3.05, 3.63) is 22.2 Å². The Morgan fingerprint density at radius 2 is 2.12 bits per heavy atom. The van der Waals surface area contributed by atoms with Crippen molar-refractivity contribution in [2.75, 3.05) is 10.6 Å². The Labute approximate surface area is 105 Å². The monoisotopic (exact) mass is 300 g/mol. The first-order chi connectivity index (χ1) is 7.81. The van der Waals surface area contributed by atoms with Crippen LogP contribution in [0.1, 0.15) is 17.3 Å². The standard InChI is InChI=1S/C10H9BrN2O4/c1-4(14)12-8-2-5-7(3-6(8)11)13-10(16,17)9(5)15/h2-3,13,16-17H,1H3,(H,12,14).